The predicted octanol–water partition coefficient (Wildman–Crippen LogP) is 4.80. The highest BCUT2D eigenvalue weighted by Gasteiger charge is 2.63. The molecule has 2 bridgehead atoms. The van der Waals surface area contributed by atoms with E-state index < -0.39 is 87.0 Å². The summed E-state index contributed by atoms with van der Waals surface area (Å²) < 4.78 is 73.0. The predicted molar refractivity (Wildman–Crippen MR) is 211 cm³/mol. The number of alkyl carbamates (subject to hydrolysis) is 1. The van der Waals surface area contributed by atoms with Gasteiger partial charge in [-0.1, -0.05) is 40.5 Å². The van der Waals surface area contributed by atoms with Crippen LogP contribution in [0.5, 0.6) is 11.6 Å². The van der Waals surface area contributed by atoms with Crippen molar-refractivity contribution >= 4 is 44.9 Å². The average Bonchev–Trinajstić information content (AvgIpc) is 4.06. The van der Waals surface area contributed by atoms with Gasteiger partial charge in [-0.3, -0.25) is 19.1 Å². The number of nitrogens with one attached hydrogen (secondary N) is 3. The Morgan fingerprint density at radius 1 is 1.05 bits per heavy atom. The molecule has 3 aliphatic carbocycles. The molecule has 2 aliphatic heterocycles. The first-order valence-corrected chi connectivity index (χ1v) is 22.4. The topological polar surface area (TPSA) is 195 Å². The van der Waals surface area contributed by atoms with Crippen LogP contribution < -0.4 is 24.8 Å². The summed E-state index contributed by atoms with van der Waals surface area (Å²) in [6, 6.07) is 2.84. The molecule has 0 radical (unpaired) electrons. The largest absolute Gasteiger partial charge is 0.497 e. The van der Waals surface area contributed by atoms with Crippen molar-refractivity contribution in [3.63, 3.8) is 0 Å². The molecular formula is C41H56F2N6O9S. The van der Waals surface area contributed by atoms with Crippen molar-refractivity contribution in [3.8, 4) is 11.6 Å². The van der Waals surface area contributed by atoms with Crippen molar-refractivity contribution in [2.24, 2.45) is 23.2 Å². The lowest BCUT2D eigenvalue weighted by Crippen LogP contribution is -2.60. The number of hydrogen-bond acceptors (Lipinski definition) is 11. The van der Waals surface area contributed by atoms with Crippen molar-refractivity contribution in [3.05, 3.63) is 23.9 Å². The standard InChI is InChI=1S/C41H56F2N6O9S/c1-22-15-23-9-7-6-8-10-29-36(45-30-18-25(56-5)11-14-28(30)44-29)57-26-19-31(49(21-26)37(51)34(40(2,3)4)46-39(53)58-32(23)16-22)35(50)47-41(20-24(41)17-33(42)43)38(52)48-59(54,55)27-12-13-27/h11,14,18,22-24,26-27,31-34H,6-10,12-13,15-17,19-21H2,1-5H3,(H,46,53)(H,47,50)(H,48,52)/t22-,23-,24-,26-,31+,32-,34-,41-/m1/s1. The SMILES string of the molecule is COc1ccc2nc3c(nc2c1)O[C@@H]1C[C@@H](C(=O)N[C@]2(C(=O)NS(=O)(=O)C4CC4)C[C@H]2CC(F)F)N(C1)C(=O)[C@H](C(C)(C)C)NC(=O)O[C@@H]1C[C@H](C)C[C@H]1CCCCC3. The molecular weight excluding hydrogens is 791 g/mol. The number of fused-ring (bicyclic) bond motifs is 5. The minimum absolute atomic E-state index is 0.102. The van der Waals surface area contributed by atoms with Crippen LogP contribution in [0.15, 0.2) is 18.2 Å². The number of rotatable bonds is 8. The Kier molecular flexibility index (Phi) is 12.0. The van der Waals surface area contributed by atoms with Gasteiger partial charge in [-0.15, -0.1) is 0 Å². The summed E-state index contributed by atoms with van der Waals surface area (Å²) >= 11 is 0. The molecule has 1 saturated heterocycles. The first-order valence-electron chi connectivity index (χ1n) is 20.8. The minimum Gasteiger partial charge on any atom is -0.497 e. The van der Waals surface area contributed by atoms with Gasteiger partial charge < -0.3 is 29.7 Å². The van der Waals surface area contributed by atoms with Gasteiger partial charge in [-0.25, -0.2) is 32.0 Å². The molecule has 1 aromatic carbocycles. The molecule has 59 heavy (non-hydrogen) atoms. The second-order valence-electron chi connectivity index (χ2n) is 18.3. The summed E-state index contributed by atoms with van der Waals surface area (Å²) in [5.74, 6) is -2.31. The number of alkyl halides is 2. The third-order valence-corrected chi connectivity index (χ3v) is 14.4. The van der Waals surface area contributed by atoms with Gasteiger partial charge in [0.2, 0.25) is 34.1 Å². The number of aromatic nitrogens is 2. The van der Waals surface area contributed by atoms with E-state index in [-0.39, 0.29) is 37.3 Å². The number of ether oxygens (including phenoxy) is 3. The minimum atomic E-state index is -4.08. The van der Waals surface area contributed by atoms with Crippen molar-refractivity contribution in [2.45, 2.75) is 146 Å². The van der Waals surface area contributed by atoms with Crippen molar-refractivity contribution in [2.75, 3.05) is 13.7 Å². The highest BCUT2D eigenvalue weighted by molar-refractivity contribution is 7.91. The number of methoxy groups -OCH3 is 1. The molecule has 18 heteroatoms. The van der Waals surface area contributed by atoms with Gasteiger partial charge >= 0.3 is 6.09 Å². The first kappa shape index (κ1) is 42.8. The van der Waals surface area contributed by atoms with Crippen molar-refractivity contribution < 1.29 is 50.6 Å². The number of carbonyl (C=O) groups is 4. The number of nitrogens with zero attached hydrogens (tertiary/aromatic N) is 3. The summed E-state index contributed by atoms with van der Waals surface area (Å²) in [5, 5.41) is 4.65. The monoisotopic (exact) mass is 846 g/mol. The fourth-order valence-electron chi connectivity index (χ4n) is 9.06. The molecule has 0 spiro atoms. The number of halogens is 2. The van der Waals surface area contributed by atoms with Crippen LogP contribution in [0.25, 0.3) is 11.0 Å². The lowest BCUT2D eigenvalue weighted by molar-refractivity contribution is -0.143. The fraction of sp³-hybridized carbons (Fsp3) is 0.707. The maximum Gasteiger partial charge on any atom is 0.408 e. The smallest absolute Gasteiger partial charge is 0.408 e. The number of amides is 4. The second kappa shape index (κ2) is 16.6. The lowest BCUT2D eigenvalue weighted by atomic mass is 9.85. The Balaban J connectivity index is 1.23. The molecule has 7 rings (SSSR count). The third kappa shape index (κ3) is 9.51. The zero-order valence-corrected chi connectivity index (χ0v) is 35.1. The van der Waals surface area contributed by atoms with Crippen LogP contribution in [0.1, 0.15) is 104 Å². The molecule has 15 nitrogen and oxygen atoms in total. The molecule has 0 unspecified atom stereocenters. The first-order chi connectivity index (χ1) is 27.9. The van der Waals surface area contributed by atoms with Crippen LogP contribution in [0.2, 0.25) is 0 Å². The van der Waals surface area contributed by atoms with E-state index in [9.17, 15) is 36.4 Å². The van der Waals surface area contributed by atoms with E-state index in [1.165, 1.54) is 4.90 Å². The maximum atomic E-state index is 14.8. The summed E-state index contributed by atoms with van der Waals surface area (Å²) in [6.45, 7) is 7.30. The molecule has 3 heterocycles. The lowest BCUT2D eigenvalue weighted by Gasteiger charge is -2.35. The number of carbonyl (C=O) groups excluding carboxylic acids is 4. The molecule has 324 valence electrons. The Hall–Kier alpha value is -4.35. The van der Waals surface area contributed by atoms with Crippen molar-refractivity contribution in [1.29, 1.82) is 0 Å². The van der Waals surface area contributed by atoms with Gasteiger partial charge in [0, 0.05) is 18.9 Å². The Morgan fingerprint density at radius 2 is 1.81 bits per heavy atom. The normalized spacial score (nSPS) is 30.6. The van der Waals surface area contributed by atoms with E-state index >= 15 is 0 Å². The van der Waals surface area contributed by atoms with Gasteiger partial charge in [0.05, 0.1) is 29.9 Å². The summed E-state index contributed by atoms with van der Waals surface area (Å²) in [4.78, 5) is 67.5. The van der Waals surface area contributed by atoms with Crippen LogP contribution >= 0.6 is 0 Å². The van der Waals surface area contributed by atoms with Crippen LogP contribution in [-0.4, -0.2) is 102 Å². The molecule has 3 saturated carbocycles. The van der Waals surface area contributed by atoms with Gasteiger partial charge in [0.25, 0.3) is 5.91 Å². The van der Waals surface area contributed by atoms with Crippen LogP contribution in [0.3, 0.4) is 0 Å². The quantitative estimate of drug-likeness (QED) is 0.331. The Labute approximate surface area is 343 Å². The molecule has 2 aromatic rings. The maximum absolute atomic E-state index is 14.8. The van der Waals surface area contributed by atoms with E-state index in [4.69, 9.17) is 24.2 Å². The molecule has 4 fully saturated rings. The summed E-state index contributed by atoms with van der Waals surface area (Å²) in [6.07, 6.45) is 0.494. The number of hydrogen-bond donors (Lipinski definition) is 3. The Morgan fingerprint density at radius 3 is 2.51 bits per heavy atom. The molecule has 3 N–H and O–H groups in total. The zero-order chi connectivity index (χ0) is 42.4. The highest BCUT2D eigenvalue weighted by Crippen LogP contribution is 2.48. The number of sulfonamides is 1. The van der Waals surface area contributed by atoms with Gasteiger partial charge in [0.15, 0.2) is 0 Å². The summed E-state index contributed by atoms with van der Waals surface area (Å²) in [5.41, 5.74) is -1.08. The van der Waals surface area contributed by atoms with Crippen LogP contribution in [-0.2, 0) is 35.6 Å². The van der Waals surface area contributed by atoms with E-state index in [2.05, 4.69) is 17.6 Å². The Bertz CT molecular complexity index is 2060. The zero-order valence-electron chi connectivity index (χ0n) is 34.3. The van der Waals surface area contributed by atoms with E-state index in [0.29, 0.717) is 54.1 Å². The number of aryl methyl sites for hydroxylation is 1. The van der Waals surface area contributed by atoms with Crippen LogP contribution in [0.4, 0.5) is 13.6 Å². The number of benzene rings is 1. The summed E-state index contributed by atoms with van der Waals surface area (Å²) in [7, 11) is -2.54. The average molecular weight is 847 g/mol. The highest BCUT2D eigenvalue weighted by atomic mass is 32.2. The molecule has 8 atom stereocenters. The molecule has 4 amide bonds. The second-order valence-corrected chi connectivity index (χ2v) is 20.3. The van der Waals surface area contributed by atoms with Gasteiger partial charge in [0.1, 0.15) is 41.3 Å². The third-order valence-electron chi connectivity index (χ3n) is 12.5. The molecule has 1 aromatic heterocycles. The molecule has 5 aliphatic rings. The van der Waals surface area contributed by atoms with E-state index in [0.717, 1.165) is 32.1 Å². The van der Waals surface area contributed by atoms with Crippen molar-refractivity contribution in [1.82, 2.24) is 30.2 Å². The van der Waals surface area contributed by atoms with E-state index in [1.54, 1.807) is 40.0 Å². The van der Waals surface area contributed by atoms with Gasteiger partial charge in [-0.2, -0.15) is 0 Å². The van der Waals surface area contributed by atoms with E-state index in [1.807, 2.05) is 10.8 Å². The van der Waals surface area contributed by atoms with Gasteiger partial charge in [-0.05, 0) is 86.7 Å². The van der Waals surface area contributed by atoms with Crippen LogP contribution in [0, 0.1) is 23.2 Å². The fourth-order valence-corrected chi connectivity index (χ4v) is 10.4.